The molecule has 0 spiro atoms. The zero-order valence-electron chi connectivity index (χ0n) is 19.5. The summed E-state index contributed by atoms with van der Waals surface area (Å²) in [6, 6.07) is 14.8. The molecule has 176 valence electrons. The van der Waals surface area contributed by atoms with Gasteiger partial charge in [-0.15, -0.1) is 0 Å². The number of benzene rings is 2. The quantitative estimate of drug-likeness (QED) is 0.180. The van der Waals surface area contributed by atoms with E-state index in [9.17, 15) is 9.18 Å². The van der Waals surface area contributed by atoms with Crippen LogP contribution < -0.4 is 0 Å². The number of thiocarbonyl (C=S) groups is 1. The summed E-state index contributed by atoms with van der Waals surface area (Å²) in [7, 11) is 0. The van der Waals surface area contributed by atoms with Gasteiger partial charge in [0.05, 0.1) is 10.6 Å². The number of thioether (sulfide) groups is 1. The normalized spacial score (nSPS) is 15.0. The summed E-state index contributed by atoms with van der Waals surface area (Å²) in [4.78, 5) is 15.4. The van der Waals surface area contributed by atoms with Crippen LogP contribution in [0.25, 0.3) is 23.0 Å². The first kappa shape index (κ1) is 24.4. The van der Waals surface area contributed by atoms with Crippen LogP contribution in [0.3, 0.4) is 0 Å². The molecular weight excluding hydrogens is 465 g/mol. The van der Waals surface area contributed by atoms with Gasteiger partial charge >= 0.3 is 0 Å². The van der Waals surface area contributed by atoms with E-state index >= 15 is 0 Å². The molecule has 1 aromatic heterocycles. The van der Waals surface area contributed by atoms with Crippen LogP contribution in [0.1, 0.15) is 50.2 Å². The molecule has 2 aromatic carbocycles. The Bertz CT molecular complexity index is 1220. The second kappa shape index (κ2) is 11.1. The summed E-state index contributed by atoms with van der Waals surface area (Å²) in [6.07, 6.45) is 9.32. The monoisotopic (exact) mass is 493 g/mol. The van der Waals surface area contributed by atoms with Crippen molar-refractivity contribution < 1.29 is 9.18 Å². The summed E-state index contributed by atoms with van der Waals surface area (Å²) in [5.74, 6) is -0.355. The van der Waals surface area contributed by atoms with Crippen LogP contribution in [0.4, 0.5) is 4.39 Å². The van der Waals surface area contributed by atoms with E-state index in [1.807, 2.05) is 48.7 Å². The van der Waals surface area contributed by atoms with Crippen LogP contribution in [0.5, 0.6) is 0 Å². The molecule has 0 unspecified atom stereocenters. The Labute approximate surface area is 209 Å². The minimum Gasteiger partial charge on any atom is -0.293 e. The number of amides is 1. The molecule has 0 atom stereocenters. The molecule has 0 saturated carbocycles. The van der Waals surface area contributed by atoms with Crippen molar-refractivity contribution in [1.82, 2.24) is 14.7 Å². The molecule has 0 N–H and O–H groups in total. The number of aryl methyl sites for hydroxylation is 1. The molecule has 2 heterocycles. The van der Waals surface area contributed by atoms with Crippen LogP contribution in [-0.4, -0.2) is 31.5 Å². The highest BCUT2D eigenvalue weighted by atomic mass is 32.2. The second-order valence-corrected chi connectivity index (χ2v) is 10.1. The fraction of sp³-hybridized carbons (Fsp3) is 0.296. The van der Waals surface area contributed by atoms with Gasteiger partial charge in [-0.1, -0.05) is 86.9 Å². The van der Waals surface area contributed by atoms with Crippen molar-refractivity contribution in [1.29, 1.82) is 0 Å². The van der Waals surface area contributed by atoms with Gasteiger partial charge in [0, 0.05) is 23.9 Å². The summed E-state index contributed by atoms with van der Waals surface area (Å²) < 4.78 is 16.7. The third-order valence-electron chi connectivity index (χ3n) is 5.85. The first-order chi connectivity index (χ1) is 16.5. The number of para-hydroxylation sites is 1. The summed E-state index contributed by atoms with van der Waals surface area (Å²) in [6.45, 7) is 4.56. The lowest BCUT2D eigenvalue weighted by Crippen LogP contribution is -2.29. The Morgan fingerprint density at radius 3 is 2.59 bits per heavy atom. The molecule has 1 fully saturated rings. The second-order valence-electron chi connectivity index (χ2n) is 8.42. The maximum absolute atomic E-state index is 14.4. The van der Waals surface area contributed by atoms with E-state index < -0.39 is 0 Å². The average molecular weight is 494 g/mol. The number of carbonyl (C=O) groups is 1. The predicted octanol–water partition coefficient (Wildman–Crippen LogP) is 7.16. The Balaban J connectivity index is 1.65. The van der Waals surface area contributed by atoms with Crippen molar-refractivity contribution in [3.63, 3.8) is 0 Å². The molecule has 0 aliphatic carbocycles. The minimum absolute atomic E-state index is 0.0704. The van der Waals surface area contributed by atoms with Gasteiger partial charge in [-0.2, -0.15) is 5.10 Å². The minimum atomic E-state index is -0.285. The van der Waals surface area contributed by atoms with Gasteiger partial charge in [0.25, 0.3) is 5.91 Å². The SMILES string of the molecule is CCCCCCCN1C(=O)C(=Cc2cn(-c3ccccc3)nc2-c2ccc(C)c(F)c2)SC1=S. The van der Waals surface area contributed by atoms with Gasteiger partial charge in [0.2, 0.25) is 0 Å². The van der Waals surface area contributed by atoms with Crippen molar-refractivity contribution >= 4 is 40.3 Å². The summed E-state index contributed by atoms with van der Waals surface area (Å²) >= 11 is 6.83. The Kier molecular flexibility index (Phi) is 7.95. The van der Waals surface area contributed by atoms with E-state index in [1.165, 1.54) is 37.1 Å². The number of aromatic nitrogens is 2. The van der Waals surface area contributed by atoms with Crippen LogP contribution in [-0.2, 0) is 4.79 Å². The molecule has 34 heavy (non-hydrogen) atoms. The predicted molar refractivity (Wildman–Crippen MR) is 142 cm³/mol. The number of nitrogens with zero attached hydrogens (tertiary/aromatic N) is 3. The zero-order chi connectivity index (χ0) is 24.1. The topological polar surface area (TPSA) is 38.1 Å². The maximum Gasteiger partial charge on any atom is 0.266 e. The average Bonchev–Trinajstić information content (AvgIpc) is 3.37. The molecule has 4 rings (SSSR count). The van der Waals surface area contributed by atoms with E-state index in [1.54, 1.807) is 22.6 Å². The van der Waals surface area contributed by atoms with Crippen molar-refractivity contribution in [2.24, 2.45) is 0 Å². The Morgan fingerprint density at radius 1 is 1.09 bits per heavy atom. The van der Waals surface area contributed by atoms with Crippen molar-refractivity contribution in [2.75, 3.05) is 6.54 Å². The van der Waals surface area contributed by atoms with Crippen LogP contribution in [0, 0.1) is 12.7 Å². The van der Waals surface area contributed by atoms with Crippen LogP contribution >= 0.6 is 24.0 Å². The number of halogens is 1. The van der Waals surface area contributed by atoms with E-state index in [4.69, 9.17) is 17.3 Å². The van der Waals surface area contributed by atoms with Gasteiger partial charge in [-0.3, -0.25) is 9.69 Å². The summed E-state index contributed by atoms with van der Waals surface area (Å²) in [5.41, 5.74) is 3.49. The molecule has 1 aliphatic rings. The van der Waals surface area contributed by atoms with Crippen molar-refractivity contribution in [3.8, 4) is 16.9 Å². The third kappa shape index (κ3) is 5.47. The first-order valence-corrected chi connectivity index (χ1v) is 12.9. The third-order valence-corrected chi connectivity index (χ3v) is 7.23. The molecular formula is C27H28FN3OS2. The van der Waals surface area contributed by atoms with Gasteiger partial charge in [0.1, 0.15) is 15.8 Å². The standard InChI is InChI=1S/C27H28FN3OS2/c1-3-4-5-6-10-15-30-26(32)24(34-27(30)33)17-21-18-31(22-11-8-7-9-12-22)29-25(21)20-14-13-19(2)23(28)16-20/h7-9,11-14,16-18H,3-6,10,15H2,1-2H3. The lowest BCUT2D eigenvalue weighted by Gasteiger charge is -2.13. The fourth-order valence-electron chi connectivity index (χ4n) is 3.88. The zero-order valence-corrected chi connectivity index (χ0v) is 21.1. The fourth-order valence-corrected chi connectivity index (χ4v) is 5.18. The van der Waals surface area contributed by atoms with E-state index in [0.29, 0.717) is 32.6 Å². The van der Waals surface area contributed by atoms with Gasteiger partial charge in [0.15, 0.2) is 0 Å². The largest absolute Gasteiger partial charge is 0.293 e. The van der Waals surface area contributed by atoms with E-state index in [0.717, 1.165) is 24.1 Å². The molecule has 1 saturated heterocycles. The highest BCUT2D eigenvalue weighted by molar-refractivity contribution is 8.26. The lowest BCUT2D eigenvalue weighted by atomic mass is 10.1. The molecule has 0 radical (unpaired) electrons. The number of unbranched alkanes of at least 4 members (excludes halogenated alkanes) is 4. The molecule has 3 aromatic rings. The highest BCUT2D eigenvalue weighted by Crippen LogP contribution is 2.35. The maximum atomic E-state index is 14.4. The highest BCUT2D eigenvalue weighted by Gasteiger charge is 2.32. The van der Waals surface area contributed by atoms with Gasteiger partial charge in [-0.25, -0.2) is 9.07 Å². The molecule has 1 amide bonds. The van der Waals surface area contributed by atoms with Crippen LogP contribution in [0.15, 0.2) is 59.6 Å². The Morgan fingerprint density at radius 2 is 1.85 bits per heavy atom. The van der Waals surface area contributed by atoms with Crippen molar-refractivity contribution in [3.05, 3.63) is 76.6 Å². The van der Waals surface area contributed by atoms with E-state index in [-0.39, 0.29) is 11.7 Å². The molecule has 7 heteroatoms. The van der Waals surface area contributed by atoms with Crippen molar-refractivity contribution in [2.45, 2.75) is 46.0 Å². The van der Waals surface area contributed by atoms with Crippen LogP contribution in [0.2, 0.25) is 0 Å². The Hall–Kier alpha value is -2.77. The summed E-state index contributed by atoms with van der Waals surface area (Å²) in [5, 5.41) is 4.74. The molecule has 4 nitrogen and oxygen atoms in total. The number of carbonyl (C=O) groups excluding carboxylic acids is 1. The van der Waals surface area contributed by atoms with Gasteiger partial charge < -0.3 is 0 Å². The number of hydrogen-bond donors (Lipinski definition) is 0. The first-order valence-electron chi connectivity index (χ1n) is 11.6. The molecule has 0 bridgehead atoms. The smallest absolute Gasteiger partial charge is 0.266 e. The van der Waals surface area contributed by atoms with Gasteiger partial charge in [-0.05, 0) is 43.2 Å². The lowest BCUT2D eigenvalue weighted by molar-refractivity contribution is -0.122. The van der Waals surface area contributed by atoms with E-state index in [2.05, 4.69) is 6.92 Å². The molecule has 1 aliphatic heterocycles. The number of rotatable bonds is 9. The number of hydrogen-bond acceptors (Lipinski definition) is 4.